The summed E-state index contributed by atoms with van der Waals surface area (Å²) in [6.07, 6.45) is 2.65. The standard InChI is InChI=1S/C29H27N5O3/c30-29-23-6-3-5-21(22(23)11-13-32-29)18-8-9-26-24(14-18)25(33-34(26)20-10-12-31-16-20)17-37-27-7-2-1-4-19(27)15-28(35)36/h1-9,11,13-14,20,31H,10,12,15-17H2,(H2,30,32)(H,35,36). The second-order valence-corrected chi connectivity index (χ2v) is 9.33. The van der Waals surface area contributed by atoms with Crippen LogP contribution in [0.3, 0.4) is 0 Å². The highest BCUT2D eigenvalue weighted by Gasteiger charge is 2.22. The number of fused-ring (bicyclic) bond motifs is 2. The highest BCUT2D eigenvalue weighted by atomic mass is 16.5. The lowest BCUT2D eigenvalue weighted by Gasteiger charge is -2.11. The number of hydrogen-bond acceptors (Lipinski definition) is 6. The minimum absolute atomic E-state index is 0.0949. The molecule has 1 aliphatic rings. The zero-order chi connectivity index (χ0) is 25.4. The summed E-state index contributed by atoms with van der Waals surface area (Å²) in [5.41, 5.74) is 10.8. The van der Waals surface area contributed by atoms with Crippen molar-refractivity contribution in [2.45, 2.75) is 25.5 Å². The molecule has 0 spiro atoms. The van der Waals surface area contributed by atoms with Crippen LogP contribution >= 0.6 is 0 Å². The van der Waals surface area contributed by atoms with E-state index in [-0.39, 0.29) is 19.1 Å². The third kappa shape index (κ3) is 4.36. The van der Waals surface area contributed by atoms with Gasteiger partial charge in [0.25, 0.3) is 0 Å². The van der Waals surface area contributed by atoms with E-state index in [2.05, 4.69) is 39.2 Å². The normalized spacial score (nSPS) is 15.4. The molecular weight excluding hydrogens is 466 g/mol. The summed E-state index contributed by atoms with van der Waals surface area (Å²) in [4.78, 5) is 15.6. The Morgan fingerprint density at radius 3 is 2.81 bits per heavy atom. The van der Waals surface area contributed by atoms with Crippen LogP contribution in [-0.4, -0.2) is 38.9 Å². The lowest BCUT2D eigenvalue weighted by molar-refractivity contribution is -0.136. The van der Waals surface area contributed by atoms with Crippen molar-refractivity contribution in [2.24, 2.45) is 0 Å². The van der Waals surface area contributed by atoms with Crippen LogP contribution in [0.25, 0.3) is 32.8 Å². The van der Waals surface area contributed by atoms with E-state index < -0.39 is 5.97 Å². The van der Waals surface area contributed by atoms with Gasteiger partial charge in [-0.1, -0.05) is 42.5 Å². The van der Waals surface area contributed by atoms with Gasteiger partial charge in [0.1, 0.15) is 23.9 Å². The minimum atomic E-state index is -0.893. The molecule has 0 aliphatic carbocycles. The number of benzene rings is 3. The van der Waals surface area contributed by atoms with Crippen LogP contribution in [-0.2, 0) is 17.8 Å². The minimum Gasteiger partial charge on any atom is -0.487 e. The quantitative estimate of drug-likeness (QED) is 0.304. The number of aliphatic carboxylic acids is 1. The van der Waals surface area contributed by atoms with Crippen molar-refractivity contribution >= 4 is 33.5 Å². The summed E-state index contributed by atoms with van der Waals surface area (Å²) in [5, 5.41) is 20.7. The van der Waals surface area contributed by atoms with Gasteiger partial charge in [-0.15, -0.1) is 0 Å². The van der Waals surface area contributed by atoms with Crippen LogP contribution in [0.4, 0.5) is 5.82 Å². The first-order valence-corrected chi connectivity index (χ1v) is 12.4. The molecular formula is C29H27N5O3. The number of carbonyl (C=O) groups is 1. The van der Waals surface area contributed by atoms with Crippen LogP contribution in [0.1, 0.15) is 23.7 Å². The van der Waals surface area contributed by atoms with Gasteiger partial charge in [0.05, 0.1) is 18.0 Å². The average Bonchev–Trinajstić information content (AvgIpc) is 3.56. The summed E-state index contributed by atoms with van der Waals surface area (Å²) in [5.74, 6) is 0.175. The van der Waals surface area contributed by atoms with Crippen molar-refractivity contribution in [3.8, 4) is 16.9 Å². The maximum atomic E-state index is 11.3. The Hall–Kier alpha value is -4.43. The van der Waals surface area contributed by atoms with Gasteiger partial charge < -0.3 is 20.9 Å². The molecule has 4 N–H and O–H groups in total. The molecule has 1 fully saturated rings. The molecule has 8 heteroatoms. The second kappa shape index (κ2) is 9.55. The van der Waals surface area contributed by atoms with E-state index in [0.29, 0.717) is 17.1 Å². The number of aromatic nitrogens is 3. The third-order valence-electron chi connectivity index (χ3n) is 6.99. The van der Waals surface area contributed by atoms with Crippen LogP contribution in [0.15, 0.2) is 72.9 Å². The fraction of sp³-hybridized carbons (Fsp3) is 0.207. The first-order chi connectivity index (χ1) is 18.1. The predicted octanol–water partition coefficient (Wildman–Crippen LogP) is 4.57. The first kappa shape index (κ1) is 23.0. The van der Waals surface area contributed by atoms with Crippen molar-refractivity contribution in [1.82, 2.24) is 20.1 Å². The monoisotopic (exact) mass is 493 g/mol. The Labute approximate surface area is 213 Å². The second-order valence-electron chi connectivity index (χ2n) is 9.33. The highest BCUT2D eigenvalue weighted by molar-refractivity contribution is 6.02. The molecule has 1 unspecified atom stereocenters. The van der Waals surface area contributed by atoms with Crippen LogP contribution in [0.2, 0.25) is 0 Å². The maximum Gasteiger partial charge on any atom is 0.307 e. The van der Waals surface area contributed by atoms with E-state index in [0.717, 1.165) is 58.0 Å². The Morgan fingerprint density at radius 2 is 1.97 bits per heavy atom. The molecule has 6 rings (SSSR count). The largest absolute Gasteiger partial charge is 0.487 e. The lowest BCUT2D eigenvalue weighted by atomic mass is 9.97. The van der Waals surface area contributed by atoms with Gasteiger partial charge in [-0.25, -0.2) is 4.98 Å². The lowest BCUT2D eigenvalue weighted by Crippen LogP contribution is -2.14. The molecule has 0 radical (unpaired) electrons. The van der Waals surface area contributed by atoms with E-state index >= 15 is 0 Å². The molecule has 3 aromatic carbocycles. The number of nitrogens with two attached hydrogens (primary N) is 1. The molecule has 1 aliphatic heterocycles. The topological polar surface area (TPSA) is 115 Å². The Bertz CT molecular complexity index is 1620. The number of pyridine rings is 1. The number of anilines is 1. The van der Waals surface area contributed by atoms with Gasteiger partial charge in [-0.05, 0) is 53.7 Å². The average molecular weight is 494 g/mol. The zero-order valence-corrected chi connectivity index (χ0v) is 20.2. The Kier molecular flexibility index (Phi) is 5.94. The number of ether oxygens (including phenoxy) is 1. The molecule has 5 aromatic rings. The number of hydrogen-bond donors (Lipinski definition) is 3. The van der Waals surface area contributed by atoms with Gasteiger partial charge in [0, 0.05) is 29.1 Å². The SMILES string of the molecule is Nc1nccc2c(-c3ccc4c(c3)c(COc3ccccc3CC(=O)O)nn4C3CCNC3)cccc12. The van der Waals surface area contributed by atoms with E-state index in [9.17, 15) is 9.90 Å². The van der Waals surface area contributed by atoms with Gasteiger partial charge in [0.15, 0.2) is 0 Å². The summed E-state index contributed by atoms with van der Waals surface area (Å²) in [7, 11) is 0. The number of nitrogens with one attached hydrogen (secondary N) is 1. The predicted molar refractivity (Wildman–Crippen MR) is 144 cm³/mol. The first-order valence-electron chi connectivity index (χ1n) is 12.4. The Morgan fingerprint density at radius 1 is 1.08 bits per heavy atom. The van der Waals surface area contributed by atoms with Crippen molar-refractivity contribution in [2.75, 3.05) is 18.8 Å². The van der Waals surface area contributed by atoms with Crippen molar-refractivity contribution in [3.05, 3.63) is 84.2 Å². The maximum absolute atomic E-state index is 11.3. The number of nitrogens with zero attached hydrogens (tertiary/aromatic N) is 3. The fourth-order valence-electron chi connectivity index (χ4n) is 5.19. The Balaban J connectivity index is 1.43. The highest BCUT2D eigenvalue weighted by Crippen LogP contribution is 2.34. The molecule has 8 nitrogen and oxygen atoms in total. The summed E-state index contributed by atoms with van der Waals surface area (Å²) in [6.45, 7) is 2.07. The van der Waals surface area contributed by atoms with E-state index in [1.807, 2.05) is 30.3 Å². The number of carboxylic acid groups (broad SMARTS) is 1. The van der Waals surface area contributed by atoms with Crippen molar-refractivity contribution in [1.29, 1.82) is 0 Å². The van der Waals surface area contributed by atoms with Gasteiger partial charge in [0.2, 0.25) is 0 Å². The number of rotatable bonds is 7. The third-order valence-corrected chi connectivity index (χ3v) is 6.99. The summed E-state index contributed by atoms with van der Waals surface area (Å²) in [6, 6.07) is 22.0. The molecule has 0 saturated carbocycles. The fourth-order valence-corrected chi connectivity index (χ4v) is 5.19. The molecule has 186 valence electrons. The molecule has 0 bridgehead atoms. The van der Waals surface area contributed by atoms with Crippen molar-refractivity contribution in [3.63, 3.8) is 0 Å². The zero-order valence-electron chi connectivity index (χ0n) is 20.2. The molecule has 2 aromatic heterocycles. The molecule has 0 amide bonds. The molecule has 37 heavy (non-hydrogen) atoms. The number of nitrogen functional groups attached to an aromatic ring is 1. The van der Waals surface area contributed by atoms with Crippen LogP contribution in [0.5, 0.6) is 5.75 Å². The number of para-hydroxylation sites is 1. The molecule has 1 atom stereocenters. The molecule has 3 heterocycles. The van der Waals surface area contributed by atoms with E-state index in [1.165, 1.54) is 0 Å². The number of carboxylic acids is 1. The summed E-state index contributed by atoms with van der Waals surface area (Å²) < 4.78 is 8.26. The van der Waals surface area contributed by atoms with Crippen LogP contribution < -0.4 is 15.8 Å². The van der Waals surface area contributed by atoms with Gasteiger partial charge >= 0.3 is 5.97 Å². The summed E-state index contributed by atoms with van der Waals surface area (Å²) >= 11 is 0. The van der Waals surface area contributed by atoms with E-state index in [1.54, 1.807) is 18.3 Å². The molecule has 1 saturated heterocycles. The van der Waals surface area contributed by atoms with Gasteiger partial charge in [-0.3, -0.25) is 9.48 Å². The van der Waals surface area contributed by atoms with Crippen molar-refractivity contribution < 1.29 is 14.6 Å². The van der Waals surface area contributed by atoms with Gasteiger partial charge in [-0.2, -0.15) is 5.10 Å². The van der Waals surface area contributed by atoms with E-state index in [4.69, 9.17) is 15.6 Å². The van der Waals surface area contributed by atoms with Crippen LogP contribution in [0, 0.1) is 0 Å². The smallest absolute Gasteiger partial charge is 0.307 e.